The third-order valence-corrected chi connectivity index (χ3v) is 3.64. The minimum absolute atomic E-state index is 0.198. The van der Waals surface area contributed by atoms with Crippen molar-refractivity contribution in [1.82, 2.24) is 25.5 Å². The maximum atomic E-state index is 4.07. The summed E-state index contributed by atoms with van der Waals surface area (Å²) in [4.78, 5) is 1.27. The number of nitrogens with one attached hydrogen (secondary N) is 1. The van der Waals surface area contributed by atoms with Gasteiger partial charge in [-0.15, -0.1) is 16.4 Å². The SMILES string of the molecule is CCCNCc1nnnn1C(C)c1cccs1. The van der Waals surface area contributed by atoms with Crippen molar-refractivity contribution in [3.63, 3.8) is 0 Å². The van der Waals surface area contributed by atoms with Crippen molar-refractivity contribution >= 4 is 11.3 Å². The van der Waals surface area contributed by atoms with Crippen molar-refractivity contribution in [3.05, 3.63) is 28.2 Å². The van der Waals surface area contributed by atoms with E-state index in [9.17, 15) is 0 Å². The standard InChI is InChI=1S/C11H17N5S/c1-3-6-12-8-11-13-14-15-16(11)9(2)10-5-4-7-17-10/h4-5,7,9,12H,3,6,8H2,1-2H3. The van der Waals surface area contributed by atoms with Crippen LogP contribution in [0.4, 0.5) is 0 Å². The Balaban J connectivity index is 2.08. The summed E-state index contributed by atoms with van der Waals surface area (Å²) in [6.07, 6.45) is 1.11. The fourth-order valence-electron chi connectivity index (χ4n) is 1.66. The molecule has 1 unspecified atom stereocenters. The van der Waals surface area contributed by atoms with E-state index in [-0.39, 0.29) is 6.04 Å². The molecule has 5 nitrogen and oxygen atoms in total. The zero-order valence-corrected chi connectivity index (χ0v) is 10.9. The van der Waals surface area contributed by atoms with Gasteiger partial charge in [-0.3, -0.25) is 0 Å². The van der Waals surface area contributed by atoms with Crippen LogP contribution in [0, 0.1) is 0 Å². The van der Waals surface area contributed by atoms with E-state index in [1.807, 2.05) is 4.68 Å². The first kappa shape index (κ1) is 12.2. The number of hydrogen-bond acceptors (Lipinski definition) is 5. The highest BCUT2D eigenvalue weighted by Gasteiger charge is 2.14. The second-order valence-corrected chi connectivity index (χ2v) is 4.89. The summed E-state index contributed by atoms with van der Waals surface area (Å²) in [5, 5.41) is 17.3. The number of aromatic nitrogens is 4. The van der Waals surface area contributed by atoms with E-state index >= 15 is 0 Å². The molecule has 2 aromatic heterocycles. The Bertz CT molecular complexity index is 436. The van der Waals surface area contributed by atoms with Crippen molar-refractivity contribution in [2.45, 2.75) is 32.9 Å². The average molecular weight is 251 g/mol. The molecule has 0 radical (unpaired) electrons. The Hall–Kier alpha value is -1.27. The average Bonchev–Trinajstić information content (AvgIpc) is 3.00. The minimum atomic E-state index is 0.198. The highest BCUT2D eigenvalue weighted by molar-refractivity contribution is 7.10. The molecule has 0 saturated heterocycles. The molecule has 0 bridgehead atoms. The van der Waals surface area contributed by atoms with Gasteiger partial charge in [0.15, 0.2) is 5.82 Å². The van der Waals surface area contributed by atoms with Crippen LogP contribution in [0.2, 0.25) is 0 Å². The number of thiophene rings is 1. The van der Waals surface area contributed by atoms with Gasteiger partial charge in [-0.05, 0) is 41.8 Å². The van der Waals surface area contributed by atoms with Crippen LogP contribution in [0.5, 0.6) is 0 Å². The van der Waals surface area contributed by atoms with Gasteiger partial charge in [0, 0.05) is 4.88 Å². The van der Waals surface area contributed by atoms with Crippen LogP contribution in [0.1, 0.15) is 37.0 Å². The predicted molar refractivity (Wildman–Crippen MR) is 67.9 cm³/mol. The van der Waals surface area contributed by atoms with Crippen molar-refractivity contribution in [3.8, 4) is 0 Å². The molecule has 0 spiro atoms. The molecule has 0 aromatic carbocycles. The van der Waals surface area contributed by atoms with Gasteiger partial charge in [-0.25, -0.2) is 4.68 Å². The van der Waals surface area contributed by atoms with Crippen LogP contribution >= 0.6 is 11.3 Å². The van der Waals surface area contributed by atoms with E-state index in [0.29, 0.717) is 0 Å². The first-order valence-electron chi connectivity index (χ1n) is 5.83. The number of hydrogen-bond donors (Lipinski definition) is 1. The molecular formula is C11H17N5S. The quantitative estimate of drug-likeness (QED) is 0.796. The van der Waals surface area contributed by atoms with Gasteiger partial charge in [0.25, 0.3) is 0 Å². The van der Waals surface area contributed by atoms with Crippen LogP contribution in [0.25, 0.3) is 0 Å². The summed E-state index contributed by atoms with van der Waals surface area (Å²) in [7, 11) is 0. The molecule has 0 fully saturated rings. The van der Waals surface area contributed by atoms with Crippen LogP contribution in [-0.2, 0) is 6.54 Å². The molecule has 2 rings (SSSR count). The van der Waals surface area contributed by atoms with Crippen LogP contribution in [-0.4, -0.2) is 26.8 Å². The highest BCUT2D eigenvalue weighted by Crippen LogP contribution is 2.22. The van der Waals surface area contributed by atoms with E-state index in [1.54, 1.807) is 11.3 Å². The van der Waals surface area contributed by atoms with Gasteiger partial charge < -0.3 is 5.32 Å². The fraction of sp³-hybridized carbons (Fsp3) is 0.545. The van der Waals surface area contributed by atoms with Crippen LogP contribution < -0.4 is 5.32 Å². The van der Waals surface area contributed by atoms with Gasteiger partial charge in [0.05, 0.1) is 12.6 Å². The molecule has 1 N–H and O–H groups in total. The summed E-state index contributed by atoms with van der Waals surface area (Å²) in [5.41, 5.74) is 0. The van der Waals surface area contributed by atoms with Gasteiger partial charge in [-0.1, -0.05) is 13.0 Å². The monoisotopic (exact) mass is 251 g/mol. The van der Waals surface area contributed by atoms with E-state index in [0.717, 1.165) is 25.3 Å². The lowest BCUT2D eigenvalue weighted by molar-refractivity contribution is 0.510. The molecule has 0 saturated carbocycles. The lowest BCUT2D eigenvalue weighted by Gasteiger charge is -2.11. The third-order valence-electron chi connectivity index (χ3n) is 2.59. The molecule has 0 amide bonds. The molecule has 2 heterocycles. The van der Waals surface area contributed by atoms with Crippen LogP contribution in [0.15, 0.2) is 17.5 Å². The second-order valence-electron chi connectivity index (χ2n) is 3.91. The Labute approximate surface area is 105 Å². The highest BCUT2D eigenvalue weighted by atomic mass is 32.1. The minimum Gasteiger partial charge on any atom is -0.310 e. The fourth-order valence-corrected chi connectivity index (χ4v) is 2.42. The molecule has 6 heteroatoms. The summed E-state index contributed by atoms with van der Waals surface area (Å²) in [6, 6.07) is 4.36. The lowest BCUT2D eigenvalue weighted by Crippen LogP contribution is -2.20. The normalized spacial score (nSPS) is 12.8. The Morgan fingerprint density at radius 2 is 2.41 bits per heavy atom. The topological polar surface area (TPSA) is 55.6 Å². The molecule has 0 aliphatic carbocycles. The Kier molecular flexibility index (Phi) is 4.22. The summed E-state index contributed by atoms with van der Waals surface area (Å²) >= 11 is 1.73. The summed E-state index contributed by atoms with van der Waals surface area (Å²) < 4.78 is 1.88. The van der Waals surface area contributed by atoms with Crippen molar-refractivity contribution < 1.29 is 0 Å². The van der Waals surface area contributed by atoms with Crippen molar-refractivity contribution in [2.24, 2.45) is 0 Å². The smallest absolute Gasteiger partial charge is 0.165 e. The Morgan fingerprint density at radius 3 is 3.12 bits per heavy atom. The van der Waals surface area contributed by atoms with Gasteiger partial charge in [-0.2, -0.15) is 0 Å². The van der Waals surface area contributed by atoms with Gasteiger partial charge >= 0.3 is 0 Å². The van der Waals surface area contributed by atoms with Gasteiger partial charge in [0.2, 0.25) is 0 Å². The number of rotatable bonds is 6. The Morgan fingerprint density at radius 1 is 1.53 bits per heavy atom. The second kappa shape index (κ2) is 5.88. The zero-order chi connectivity index (χ0) is 12.1. The summed E-state index contributed by atoms with van der Waals surface area (Å²) in [6.45, 7) is 5.96. The maximum Gasteiger partial charge on any atom is 0.165 e. The predicted octanol–water partition coefficient (Wildman–Crippen LogP) is 1.84. The first-order chi connectivity index (χ1) is 8.33. The third kappa shape index (κ3) is 2.89. The zero-order valence-electron chi connectivity index (χ0n) is 10.1. The van der Waals surface area contributed by atoms with Crippen molar-refractivity contribution in [2.75, 3.05) is 6.54 Å². The van der Waals surface area contributed by atoms with E-state index in [2.05, 4.69) is 52.2 Å². The molecule has 2 aromatic rings. The molecule has 0 aliphatic rings. The number of nitrogens with zero attached hydrogens (tertiary/aromatic N) is 4. The van der Waals surface area contributed by atoms with Gasteiger partial charge in [0.1, 0.15) is 0 Å². The first-order valence-corrected chi connectivity index (χ1v) is 6.71. The summed E-state index contributed by atoms with van der Waals surface area (Å²) in [5.74, 6) is 0.888. The largest absolute Gasteiger partial charge is 0.310 e. The van der Waals surface area contributed by atoms with Crippen LogP contribution in [0.3, 0.4) is 0 Å². The molecule has 17 heavy (non-hydrogen) atoms. The molecule has 92 valence electrons. The van der Waals surface area contributed by atoms with E-state index in [1.165, 1.54) is 4.88 Å². The molecular weight excluding hydrogens is 234 g/mol. The van der Waals surface area contributed by atoms with Crippen molar-refractivity contribution in [1.29, 1.82) is 0 Å². The number of tetrazole rings is 1. The lowest BCUT2D eigenvalue weighted by atomic mass is 10.3. The maximum absolute atomic E-state index is 4.07. The molecule has 1 atom stereocenters. The molecule has 0 aliphatic heterocycles. The van der Waals surface area contributed by atoms with E-state index in [4.69, 9.17) is 0 Å². The van der Waals surface area contributed by atoms with E-state index < -0.39 is 0 Å².